The molecule has 0 amide bonds. The third-order valence-electron chi connectivity index (χ3n) is 4.70. The van der Waals surface area contributed by atoms with Crippen LogP contribution in [0.1, 0.15) is 37.0 Å². The zero-order valence-electron chi connectivity index (χ0n) is 14.9. The standard InChI is InChI=1S/C18H23NO6S/c1-12-9-13(2)11-19(10-12)26(22,23)15-5-3-14(4-6-15)17(20)25-16-7-8-24-18(16)21/h3-6,12-13,16H,7-11H2,1-2H3/t12-,13-,16-/m1/s1. The van der Waals surface area contributed by atoms with Gasteiger partial charge in [0.1, 0.15) is 0 Å². The molecule has 2 aliphatic rings. The Balaban J connectivity index is 1.72. The van der Waals surface area contributed by atoms with E-state index in [1.54, 1.807) is 0 Å². The van der Waals surface area contributed by atoms with Crippen LogP contribution >= 0.6 is 0 Å². The quantitative estimate of drug-likeness (QED) is 0.739. The Morgan fingerprint density at radius 2 is 1.77 bits per heavy atom. The Bertz CT molecular complexity index is 778. The van der Waals surface area contributed by atoms with E-state index < -0.39 is 28.1 Å². The van der Waals surface area contributed by atoms with Crippen molar-refractivity contribution >= 4 is 22.0 Å². The van der Waals surface area contributed by atoms with E-state index in [1.165, 1.54) is 28.6 Å². The smallest absolute Gasteiger partial charge is 0.347 e. The molecule has 2 heterocycles. The fraction of sp³-hybridized carbons (Fsp3) is 0.556. The van der Waals surface area contributed by atoms with Crippen molar-refractivity contribution in [2.45, 2.75) is 37.7 Å². The minimum absolute atomic E-state index is 0.149. The van der Waals surface area contributed by atoms with Gasteiger partial charge in [-0.15, -0.1) is 0 Å². The van der Waals surface area contributed by atoms with Crippen LogP contribution in [-0.2, 0) is 24.3 Å². The number of benzene rings is 1. The normalized spacial score (nSPS) is 27.2. The highest BCUT2D eigenvalue weighted by Crippen LogP contribution is 2.27. The summed E-state index contributed by atoms with van der Waals surface area (Å²) in [5, 5.41) is 0. The van der Waals surface area contributed by atoms with Crippen molar-refractivity contribution < 1.29 is 27.5 Å². The number of hydrogen-bond donors (Lipinski definition) is 0. The van der Waals surface area contributed by atoms with Gasteiger partial charge in [0.05, 0.1) is 17.1 Å². The van der Waals surface area contributed by atoms with Crippen LogP contribution in [0.25, 0.3) is 0 Å². The van der Waals surface area contributed by atoms with E-state index in [4.69, 9.17) is 9.47 Å². The summed E-state index contributed by atoms with van der Waals surface area (Å²) in [6.07, 6.45) is 0.463. The Labute approximate surface area is 153 Å². The molecule has 0 radical (unpaired) electrons. The van der Waals surface area contributed by atoms with Crippen molar-refractivity contribution in [1.29, 1.82) is 0 Å². The highest BCUT2D eigenvalue weighted by atomic mass is 32.2. The van der Waals surface area contributed by atoms with Crippen LogP contribution in [0.2, 0.25) is 0 Å². The minimum Gasteiger partial charge on any atom is -0.463 e. The van der Waals surface area contributed by atoms with Crippen molar-refractivity contribution in [1.82, 2.24) is 4.31 Å². The van der Waals surface area contributed by atoms with E-state index in [1.807, 2.05) is 13.8 Å². The number of cyclic esters (lactones) is 1. The van der Waals surface area contributed by atoms with Crippen molar-refractivity contribution in [3.63, 3.8) is 0 Å². The number of nitrogens with zero attached hydrogens (tertiary/aromatic N) is 1. The second kappa shape index (κ2) is 7.36. The van der Waals surface area contributed by atoms with Gasteiger partial charge in [-0.2, -0.15) is 4.31 Å². The summed E-state index contributed by atoms with van der Waals surface area (Å²) in [5.74, 6) is -0.591. The molecule has 3 atom stereocenters. The van der Waals surface area contributed by atoms with Crippen molar-refractivity contribution in [3.8, 4) is 0 Å². The second-order valence-corrected chi connectivity index (χ2v) is 9.08. The lowest BCUT2D eigenvalue weighted by molar-refractivity contribution is -0.145. The van der Waals surface area contributed by atoms with Crippen LogP contribution in [0.15, 0.2) is 29.2 Å². The molecule has 1 aromatic carbocycles. The molecule has 0 aliphatic carbocycles. The van der Waals surface area contributed by atoms with E-state index >= 15 is 0 Å². The molecule has 1 aromatic rings. The topological polar surface area (TPSA) is 90.0 Å². The SMILES string of the molecule is C[C@@H]1C[C@@H](C)CN(S(=O)(=O)c2ccc(C(=O)O[C@@H]3CCOC3=O)cc2)C1. The van der Waals surface area contributed by atoms with Gasteiger partial charge in [-0.25, -0.2) is 18.0 Å². The first kappa shape index (κ1) is 18.8. The zero-order chi connectivity index (χ0) is 18.9. The first-order chi connectivity index (χ1) is 12.3. The summed E-state index contributed by atoms with van der Waals surface area (Å²) in [6, 6.07) is 5.63. The predicted molar refractivity (Wildman–Crippen MR) is 92.9 cm³/mol. The highest BCUT2D eigenvalue weighted by molar-refractivity contribution is 7.89. The Kier molecular flexibility index (Phi) is 5.34. The van der Waals surface area contributed by atoms with Gasteiger partial charge in [0.25, 0.3) is 0 Å². The van der Waals surface area contributed by atoms with Crippen LogP contribution in [0.3, 0.4) is 0 Å². The maximum Gasteiger partial charge on any atom is 0.347 e. The molecule has 2 saturated heterocycles. The number of carbonyl (C=O) groups excluding carboxylic acids is 2. The Morgan fingerprint density at radius 1 is 1.15 bits per heavy atom. The lowest BCUT2D eigenvalue weighted by atomic mass is 9.94. The minimum atomic E-state index is -3.59. The number of carbonyl (C=O) groups is 2. The number of sulfonamides is 1. The molecule has 0 bridgehead atoms. The summed E-state index contributed by atoms with van der Waals surface area (Å²) in [7, 11) is -3.59. The van der Waals surface area contributed by atoms with Crippen LogP contribution in [0.5, 0.6) is 0 Å². The maximum absolute atomic E-state index is 12.8. The summed E-state index contributed by atoms with van der Waals surface area (Å²) in [5.41, 5.74) is 0.198. The van der Waals surface area contributed by atoms with E-state index in [9.17, 15) is 18.0 Å². The highest BCUT2D eigenvalue weighted by Gasteiger charge is 2.33. The molecule has 26 heavy (non-hydrogen) atoms. The van der Waals surface area contributed by atoms with Gasteiger partial charge >= 0.3 is 11.9 Å². The van der Waals surface area contributed by atoms with Gasteiger partial charge in [0, 0.05) is 19.5 Å². The molecule has 0 aromatic heterocycles. The Hall–Kier alpha value is -1.93. The predicted octanol–water partition coefficient (Wildman–Crippen LogP) is 1.83. The molecular weight excluding hydrogens is 358 g/mol. The van der Waals surface area contributed by atoms with Crippen molar-refractivity contribution in [2.75, 3.05) is 19.7 Å². The van der Waals surface area contributed by atoms with Crippen LogP contribution < -0.4 is 0 Å². The van der Waals surface area contributed by atoms with E-state index in [0.717, 1.165) is 6.42 Å². The largest absolute Gasteiger partial charge is 0.463 e. The summed E-state index contributed by atoms with van der Waals surface area (Å²) >= 11 is 0. The van der Waals surface area contributed by atoms with Gasteiger partial charge in [-0.1, -0.05) is 13.8 Å². The molecule has 0 unspecified atom stereocenters. The molecule has 2 aliphatic heterocycles. The van der Waals surface area contributed by atoms with E-state index in [2.05, 4.69) is 0 Å². The number of rotatable bonds is 4. The van der Waals surface area contributed by atoms with Gasteiger partial charge < -0.3 is 9.47 Å². The third-order valence-corrected chi connectivity index (χ3v) is 6.55. The molecular formula is C18H23NO6S. The van der Waals surface area contributed by atoms with Crippen LogP contribution in [0.4, 0.5) is 0 Å². The molecule has 7 nitrogen and oxygen atoms in total. The average Bonchev–Trinajstić information content (AvgIpc) is 2.99. The van der Waals surface area contributed by atoms with Crippen molar-refractivity contribution in [2.24, 2.45) is 11.8 Å². The number of piperidine rings is 1. The molecule has 142 valence electrons. The van der Waals surface area contributed by atoms with Gasteiger partial charge in [-0.05, 0) is 42.5 Å². The maximum atomic E-state index is 12.8. The fourth-order valence-electron chi connectivity index (χ4n) is 3.50. The first-order valence-corrected chi connectivity index (χ1v) is 10.2. The number of esters is 2. The summed E-state index contributed by atoms with van der Waals surface area (Å²) in [6.45, 7) is 5.33. The molecule has 0 N–H and O–H groups in total. The van der Waals surface area contributed by atoms with Gasteiger partial charge in [0.2, 0.25) is 16.1 Å². The lowest BCUT2D eigenvalue weighted by Gasteiger charge is -2.34. The average molecular weight is 381 g/mol. The molecule has 0 saturated carbocycles. The lowest BCUT2D eigenvalue weighted by Crippen LogP contribution is -2.42. The fourth-order valence-corrected chi connectivity index (χ4v) is 5.18. The molecule has 0 spiro atoms. The van der Waals surface area contributed by atoms with E-state index in [0.29, 0.717) is 31.3 Å². The van der Waals surface area contributed by atoms with Gasteiger partial charge in [0.15, 0.2) is 0 Å². The number of ether oxygens (including phenoxy) is 2. The van der Waals surface area contributed by atoms with E-state index in [-0.39, 0.29) is 17.1 Å². The zero-order valence-corrected chi connectivity index (χ0v) is 15.7. The van der Waals surface area contributed by atoms with Gasteiger partial charge in [-0.3, -0.25) is 0 Å². The Morgan fingerprint density at radius 3 is 2.31 bits per heavy atom. The summed E-state index contributed by atoms with van der Waals surface area (Å²) in [4.78, 5) is 23.6. The second-order valence-electron chi connectivity index (χ2n) is 7.14. The molecule has 3 rings (SSSR count). The molecule has 8 heteroatoms. The van der Waals surface area contributed by atoms with Crippen molar-refractivity contribution in [3.05, 3.63) is 29.8 Å². The summed E-state index contributed by atoms with van der Waals surface area (Å²) < 4.78 is 37.0. The first-order valence-electron chi connectivity index (χ1n) is 8.75. The number of hydrogen-bond acceptors (Lipinski definition) is 6. The third kappa shape index (κ3) is 3.91. The monoisotopic (exact) mass is 381 g/mol. The van der Waals surface area contributed by atoms with Crippen LogP contribution in [0, 0.1) is 11.8 Å². The van der Waals surface area contributed by atoms with Crippen LogP contribution in [-0.4, -0.2) is 50.5 Å². The molecule has 2 fully saturated rings.